The molecule has 24 heavy (non-hydrogen) atoms. The van der Waals surface area contributed by atoms with E-state index in [-0.39, 0.29) is 18.4 Å². The second-order valence-electron chi connectivity index (χ2n) is 5.14. The number of carbonyl (C=O) groups excluding carboxylic acids is 1. The summed E-state index contributed by atoms with van der Waals surface area (Å²) < 4.78 is 3.12. The molecule has 0 atom stereocenters. The Morgan fingerprint density at radius 2 is 2.04 bits per heavy atom. The Labute approximate surface area is 148 Å². The Morgan fingerprint density at radius 3 is 2.75 bits per heavy atom. The molecule has 0 fully saturated rings. The van der Waals surface area contributed by atoms with Gasteiger partial charge in [-0.05, 0) is 18.6 Å². The number of rotatable bonds is 5. The highest BCUT2D eigenvalue weighted by Crippen LogP contribution is 2.16. The van der Waals surface area contributed by atoms with Gasteiger partial charge in [-0.2, -0.15) is 5.10 Å². The zero-order valence-electron chi connectivity index (χ0n) is 12.8. The number of benzene rings is 1. The third-order valence-corrected chi connectivity index (χ3v) is 4.15. The van der Waals surface area contributed by atoms with Crippen molar-refractivity contribution in [3.05, 3.63) is 58.1 Å². The van der Waals surface area contributed by atoms with Crippen molar-refractivity contribution in [2.75, 3.05) is 5.32 Å². The van der Waals surface area contributed by atoms with Crippen LogP contribution in [-0.4, -0.2) is 30.5 Å². The predicted octanol–water partition coefficient (Wildman–Crippen LogP) is 2.78. The number of nitrogens with one attached hydrogen (secondary N) is 1. The maximum absolute atomic E-state index is 12.0. The summed E-state index contributed by atoms with van der Waals surface area (Å²) in [6.45, 7) is 2.30. The second kappa shape index (κ2) is 7.02. The molecule has 0 unspecified atom stereocenters. The Morgan fingerprint density at radius 1 is 1.25 bits per heavy atom. The van der Waals surface area contributed by atoms with Gasteiger partial charge in [-0.15, -0.1) is 5.10 Å². The minimum Gasteiger partial charge on any atom is -0.292 e. The highest BCUT2D eigenvalue weighted by Gasteiger charge is 2.11. The summed E-state index contributed by atoms with van der Waals surface area (Å²) in [6, 6.07) is 7.49. The molecule has 9 heteroatoms. The number of carbonyl (C=O) groups is 1. The predicted molar refractivity (Wildman–Crippen MR) is 91.2 cm³/mol. The van der Waals surface area contributed by atoms with Gasteiger partial charge in [0.15, 0.2) is 0 Å². The van der Waals surface area contributed by atoms with Crippen molar-refractivity contribution < 1.29 is 4.79 Å². The molecule has 0 aliphatic carbocycles. The summed E-state index contributed by atoms with van der Waals surface area (Å²) in [7, 11) is 0. The summed E-state index contributed by atoms with van der Waals surface area (Å²) >= 11 is 12.0. The molecule has 0 aliphatic heterocycles. The minimum absolute atomic E-state index is 0.0393. The first kappa shape index (κ1) is 16.5. The molecule has 1 N–H and O–H groups in total. The first-order valence-electron chi connectivity index (χ1n) is 7.13. The first-order valence-corrected chi connectivity index (χ1v) is 7.89. The van der Waals surface area contributed by atoms with Gasteiger partial charge in [0.1, 0.15) is 12.9 Å². The molecule has 0 spiro atoms. The average Bonchev–Trinajstić information content (AvgIpc) is 3.11. The molecule has 0 aliphatic rings. The van der Waals surface area contributed by atoms with Crippen LogP contribution >= 0.6 is 23.2 Å². The highest BCUT2D eigenvalue weighted by molar-refractivity contribution is 6.31. The zero-order chi connectivity index (χ0) is 17.1. The van der Waals surface area contributed by atoms with Gasteiger partial charge in [0, 0.05) is 5.02 Å². The van der Waals surface area contributed by atoms with E-state index in [2.05, 4.69) is 20.5 Å². The van der Waals surface area contributed by atoms with Crippen molar-refractivity contribution in [1.82, 2.24) is 24.5 Å². The van der Waals surface area contributed by atoms with Gasteiger partial charge < -0.3 is 0 Å². The van der Waals surface area contributed by atoms with Gasteiger partial charge in [0.2, 0.25) is 11.9 Å². The van der Waals surface area contributed by atoms with E-state index in [9.17, 15) is 4.79 Å². The maximum Gasteiger partial charge on any atom is 0.248 e. The van der Waals surface area contributed by atoms with Gasteiger partial charge in [-0.25, -0.2) is 9.67 Å². The number of nitrogens with zero attached hydrogens (tertiary/aromatic N) is 5. The molecular weight excluding hydrogens is 351 g/mol. The Kier molecular flexibility index (Phi) is 4.82. The molecule has 0 saturated heterocycles. The second-order valence-corrected chi connectivity index (χ2v) is 5.96. The molecule has 0 saturated carbocycles. The fourth-order valence-electron chi connectivity index (χ4n) is 2.11. The molecular formula is C15H14Cl2N6O. The molecule has 2 aromatic heterocycles. The number of halogens is 2. The largest absolute Gasteiger partial charge is 0.292 e. The van der Waals surface area contributed by atoms with Crippen LogP contribution in [0.15, 0.2) is 36.8 Å². The number of aromatic nitrogens is 5. The summed E-state index contributed by atoms with van der Waals surface area (Å²) in [6.07, 6.45) is 3.04. The van der Waals surface area contributed by atoms with Crippen molar-refractivity contribution in [3.63, 3.8) is 0 Å². The van der Waals surface area contributed by atoms with E-state index in [4.69, 9.17) is 23.2 Å². The van der Waals surface area contributed by atoms with E-state index >= 15 is 0 Å². The molecule has 3 rings (SSSR count). The van der Waals surface area contributed by atoms with Crippen LogP contribution in [0.25, 0.3) is 0 Å². The average molecular weight is 365 g/mol. The van der Waals surface area contributed by atoms with Crippen molar-refractivity contribution in [2.45, 2.75) is 20.0 Å². The van der Waals surface area contributed by atoms with Gasteiger partial charge in [-0.3, -0.25) is 14.8 Å². The van der Waals surface area contributed by atoms with E-state index in [0.29, 0.717) is 16.6 Å². The Bertz CT molecular complexity index is 872. The van der Waals surface area contributed by atoms with E-state index in [1.807, 2.05) is 24.3 Å². The lowest BCUT2D eigenvalue weighted by Crippen LogP contribution is -2.21. The normalized spacial score (nSPS) is 10.8. The first-order chi connectivity index (χ1) is 11.5. The number of hydrogen-bond acceptors (Lipinski definition) is 4. The van der Waals surface area contributed by atoms with E-state index in [0.717, 1.165) is 11.3 Å². The number of amides is 1. The number of hydrogen-bond donors (Lipinski definition) is 1. The number of anilines is 1. The summed E-state index contributed by atoms with van der Waals surface area (Å²) in [5.74, 6) is -0.0590. The molecule has 0 bridgehead atoms. The lowest BCUT2D eigenvalue weighted by molar-refractivity contribution is -0.117. The molecule has 7 nitrogen and oxygen atoms in total. The van der Waals surface area contributed by atoms with Crippen molar-refractivity contribution in [3.8, 4) is 0 Å². The summed E-state index contributed by atoms with van der Waals surface area (Å²) in [5.41, 5.74) is 1.65. The molecule has 0 radical (unpaired) electrons. The molecule has 2 heterocycles. The monoisotopic (exact) mass is 364 g/mol. The van der Waals surface area contributed by atoms with E-state index < -0.39 is 0 Å². The highest BCUT2D eigenvalue weighted by atomic mass is 35.5. The van der Waals surface area contributed by atoms with E-state index in [1.165, 1.54) is 17.2 Å². The summed E-state index contributed by atoms with van der Waals surface area (Å²) in [4.78, 5) is 16.1. The zero-order valence-corrected chi connectivity index (χ0v) is 14.3. The lowest BCUT2D eigenvalue weighted by atomic mass is 10.2. The van der Waals surface area contributed by atoms with Crippen LogP contribution < -0.4 is 5.32 Å². The summed E-state index contributed by atoms with van der Waals surface area (Å²) in [5, 5.41) is 12.1. The standard InChI is InChI=1S/C15H14Cl2N6O/c1-10-13(17)6-19-23(10)8-14(24)20-15-18-9-22(21-15)7-11-4-2-3-5-12(11)16/h2-6,9H,7-8H2,1H3,(H,20,21,24). The van der Waals surface area contributed by atoms with Gasteiger partial charge in [0.25, 0.3) is 0 Å². The molecule has 1 amide bonds. The lowest BCUT2D eigenvalue weighted by Gasteiger charge is -2.04. The smallest absolute Gasteiger partial charge is 0.248 e. The van der Waals surface area contributed by atoms with Crippen LogP contribution in [0, 0.1) is 6.92 Å². The van der Waals surface area contributed by atoms with Crippen LogP contribution in [0.1, 0.15) is 11.3 Å². The molecule has 124 valence electrons. The van der Waals surface area contributed by atoms with Crippen LogP contribution in [-0.2, 0) is 17.9 Å². The van der Waals surface area contributed by atoms with Crippen molar-refractivity contribution >= 4 is 35.1 Å². The Balaban J connectivity index is 1.62. The third-order valence-electron chi connectivity index (χ3n) is 3.41. The Hall–Kier alpha value is -2.38. The fourth-order valence-corrected chi connectivity index (χ4v) is 2.45. The molecule has 1 aromatic carbocycles. The molecule has 3 aromatic rings. The van der Waals surface area contributed by atoms with Crippen LogP contribution in [0.5, 0.6) is 0 Å². The van der Waals surface area contributed by atoms with Crippen LogP contribution in [0.2, 0.25) is 10.0 Å². The van der Waals surface area contributed by atoms with Crippen molar-refractivity contribution in [2.24, 2.45) is 0 Å². The fraction of sp³-hybridized carbons (Fsp3) is 0.200. The topological polar surface area (TPSA) is 77.6 Å². The van der Waals surface area contributed by atoms with E-state index in [1.54, 1.807) is 11.6 Å². The van der Waals surface area contributed by atoms with Gasteiger partial charge in [-0.1, -0.05) is 41.4 Å². The van der Waals surface area contributed by atoms with Crippen LogP contribution in [0.3, 0.4) is 0 Å². The van der Waals surface area contributed by atoms with Gasteiger partial charge >= 0.3 is 0 Å². The van der Waals surface area contributed by atoms with Crippen LogP contribution in [0.4, 0.5) is 5.95 Å². The van der Waals surface area contributed by atoms with Crippen molar-refractivity contribution in [1.29, 1.82) is 0 Å². The maximum atomic E-state index is 12.0. The SMILES string of the molecule is Cc1c(Cl)cnn1CC(=O)Nc1ncn(Cc2ccccc2Cl)n1. The van der Waals surface area contributed by atoms with Gasteiger partial charge in [0.05, 0.1) is 23.5 Å². The third kappa shape index (κ3) is 3.74. The quantitative estimate of drug-likeness (QED) is 0.754. The minimum atomic E-state index is -0.284.